The Bertz CT molecular complexity index is 490. The molecule has 2 saturated heterocycles. The molecule has 1 aromatic rings. The minimum atomic E-state index is 0.0940. The average Bonchev–Trinajstić information content (AvgIpc) is 3.17. The number of piperidine rings is 1. The maximum atomic E-state index is 12.4. The van der Waals surface area contributed by atoms with E-state index in [1.54, 1.807) is 6.20 Å². The second-order valence-corrected chi connectivity index (χ2v) is 7.24. The molecule has 3 heterocycles. The third-order valence-corrected chi connectivity index (χ3v) is 5.77. The molecule has 2 fully saturated rings. The van der Waals surface area contributed by atoms with Gasteiger partial charge in [-0.25, -0.2) is 4.98 Å². The Balaban J connectivity index is 1.53. The van der Waals surface area contributed by atoms with E-state index in [1.165, 1.54) is 37.3 Å². The Hall–Kier alpha value is -1.14. The fourth-order valence-corrected chi connectivity index (χ4v) is 4.23. The Kier molecular flexibility index (Phi) is 4.45. The molecule has 1 atom stereocenters. The summed E-state index contributed by atoms with van der Waals surface area (Å²) in [6.45, 7) is 6.58. The van der Waals surface area contributed by atoms with Gasteiger partial charge in [-0.2, -0.15) is 0 Å². The number of nitrogens with zero attached hydrogens (tertiary/aromatic N) is 3. The van der Waals surface area contributed by atoms with Crippen molar-refractivity contribution in [3.8, 4) is 0 Å². The summed E-state index contributed by atoms with van der Waals surface area (Å²) in [5.41, 5.74) is 5.61. The molecule has 0 spiro atoms. The summed E-state index contributed by atoms with van der Waals surface area (Å²) >= 11 is 1.28. The molecule has 1 amide bonds. The van der Waals surface area contributed by atoms with Crippen LogP contribution in [0.3, 0.4) is 0 Å². The van der Waals surface area contributed by atoms with Crippen molar-refractivity contribution in [2.24, 2.45) is 5.92 Å². The SMILES string of the molecule is C[C@@H](C1CCN(C(=O)c2cnc(N)s2)CC1)N1CCCC1. The number of aromatic nitrogens is 1. The third kappa shape index (κ3) is 3.21. The molecule has 2 aliphatic rings. The summed E-state index contributed by atoms with van der Waals surface area (Å²) < 4.78 is 0. The van der Waals surface area contributed by atoms with Crippen molar-refractivity contribution in [2.45, 2.75) is 38.6 Å². The molecule has 6 heteroatoms. The van der Waals surface area contributed by atoms with Gasteiger partial charge in [0.15, 0.2) is 5.13 Å². The first kappa shape index (κ1) is 14.8. The van der Waals surface area contributed by atoms with Crippen molar-refractivity contribution in [2.75, 3.05) is 31.9 Å². The van der Waals surface area contributed by atoms with Crippen molar-refractivity contribution < 1.29 is 4.79 Å². The summed E-state index contributed by atoms with van der Waals surface area (Å²) in [7, 11) is 0. The van der Waals surface area contributed by atoms with Crippen molar-refractivity contribution in [1.29, 1.82) is 0 Å². The van der Waals surface area contributed by atoms with Gasteiger partial charge in [0.05, 0.1) is 6.20 Å². The molecule has 3 rings (SSSR count). The molecule has 1 aromatic heterocycles. The molecule has 0 unspecified atom stereocenters. The van der Waals surface area contributed by atoms with Crippen molar-refractivity contribution in [3.05, 3.63) is 11.1 Å². The number of amides is 1. The maximum absolute atomic E-state index is 12.4. The largest absolute Gasteiger partial charge is 0.375 e. The van der Waals surface area contributed by atoms with Crippen LogP contribution in [0.4, 0.5) is 5.13 Å². The molecule has 0 saturated carbocycles. The van der Waals surface area contributed by atoms with Crippen molar-refractivity contribution >= 4 is 22.4 Å². The first-order valence-corrected chi connectivity index (χ1v) is 8.71. The third-order valence-electron chi connectivity index (χ3n) is 4.96. The standard InChI is InChI=1S/C15H24N4OS/c1-11(18-6-2-3-7-18)12-4-8-19(9-5-12)14(20)13-10-17-15(16)21-13/h10-12H,2-9H2,1H3,(H2,16,17)/t11-/m0/s1. The van der Waals surface area contributed by atoms with E-state index in [-0.39, 0.29) is 5.91 Å². The molecule has 21 heavy (non-hydrogen) atoms. The predicted octanol–water partition coefficient (Wildman–Crippen LogP) is 2.06. The van der Waals surface area contributed by atoms with Gasteiger partial charge in [0.1, 0.15) is 4.88 Å². The molecule has 0 radical (unpaired) electrons. The lowest BCUT2D eigenvalue weighted by Crippen LogP contribution is -2.44. The zero-order valence-electron chi connectivity index (χ0n) is 12.6. The van der Waals surface area contributed by atoms with E-state index >= 15 is 0 Å². The van der Waals surface area contributed by atoms with E-state index in [0.29, 0.717) is 16.1 Å². The quantitative estimate of drug-likeness (QED) is 0.928. The molecule has 2 aliphatic heterocycles. The van der Waals surface area contributed by atoms with E-state index < -0.39 is 0 Å². The van der Waals surface area contributed by atoms with Gasteiger partial charge in [-0.15, -0.1) is 0 Å². The molecule has 5 nitrogen and oxygen atoms in total. The highest BCUT2D eigenvalue weighted by Crippen LogP contribution is 2.27. The lowest BCUT2D eigenvalue weighted by Gasteiger charge is -2.38. The molecular weight excluding hydrogens is 284 g/mol. The molecule has 116 valence electrons. The summed E-state index contributed by atoms with van der Waals surface area (Å²) in [5, 5.41) is 0.468. The molecule has 0 bridgehead atoms. The van der Waals surface area contributed by atoms with Gasteiger partial charge in [-0.05, 0) is 51.6 Å². The lowest BCUT2D eigenvalue weighted by atomic mass is 9.89. The molecule has 0 aliphatic carbocycles. The molecule has 0 aromatic carbocycles. The van der Waals surface area contributed by atoms with Crippen LogP contribution in [0.25, 0.3) is 0 Å². The predicted molar refractivity (Wildman–Crippen MR) is 85.4 cm³/mol. The van der Waals surface area contributed by atoms with Crippen LogP contribution in [0.1, 0.15) is 42.3 Å². The van der Waals surface area contributed by atoms with Crippen LogP contribution in [0, 0.1) is 5.92 Å². The fraction of sp³-hybridized carbons (Fsp3) is 0.733. The number of hydrogen-bond donors (Lipinski definition) is 1. The van der Waals surface area contributed by atoms with E-state index in [9.17, 15) is 4.79 Å². The number of carbonyl (C=O) groups is 1. The van der Waals surface area contributed by atoms with Gasteiger partial charge in [-0.1, -0.05) is 11.3 Å². The highest BCUT2D eigenvalue weighted by molar-refractivity contribution is 7.17. The number of nitrogen functional groups attached to an aromatic ring is 1. The number of rotatable bonds is 3. The smallest absolute Gasteiger partial charge is 0.265 e. The van der Waals surface area contributed by atoms with Crippen LogP contribution in [-0.4, -0.2) is 52.9 Å². The van der Waals surface area contributed by atoms with Crippen LogP contribution in [0.2, 0.25) is 0 Å². The molecular formula is C15H24N4OS. The van der Waals surface area contributed by atoms with Crippen LogP contribution < -0.4 is 5.73 Å². The Labute approximate surface area is 130 Å². The van der Waals surface area contributed by atoms with Gasteiger partial charge in [0, 0.05) is 19.1 Å². The Morgan fingerprint density at radius 3 is 2.57 bits per heavy atom. The summed E-state index contributed by atoms with van der Waals surface area (Å²) in [4.78, 5) is 21.6. The van der Waals surface area contributed by atoms with Gasteiger partial charge in [0.2, 0.25) is 0 Å². The Morgan fingerprint density at radius 1 is 1.33 bits per heavy atom. The summed E-state index contributed by atoms with van der Waals surface area (Å²) in [6, 6.07) is 0.656. The highest BCUT2D eigenvalue weighted by Gasteiger charge is 2.31. The van der Waals surface area contributed by atoms with E-state index in [1.807, 2.05) is 4.90 Å². The number of thiazole rings is 1. The second-order valence-electron chi connectivity index (χ2n) is 6.18. The van der Waals surface area contributed by atoms with Crippen LogP contribution in [0.15, 0.2) is 6.20 Å². The zero-order valence-corrected chi connectivity index (χ0v) is 13.4. The minimum Gasteiger partial charge on any atom is -0.375 e. The highest BCUT2D eigenvalue weighted by atomic mass is 32.1. The minimum absolute atomic E-state index is 0.0940. The van der Waals surface area contributed by atoms with Crippen LogP contribution >= 0.6 is 11.3 Å². The molecule has 2 N–H and O–H groups in total. The fourth-order valence-electron chi connectivity index (χ4n) is 3.57. The first-order chi connectivity index (χ1) is 10.1. The summed E-state index contributed by atoms with van der Waals surface area (Å²) in [6.07, 6.45) is 6.50. The zero-order chi connectivity index (χ0) is 14.8. The maximum Gasteiger partial charge on any atom is 0.265 e. The van der Waals surface area contributed by atoms with Crippen molar-refractivity contribution in [1.82, 2.24) is 14.8 Å². The number of carbonyl (C=O) groups excluding carboxylic acids is 1. The lowest BCUT2D eigenvalue weighted by molar-refractivity contribution is 0.0628. The summed E-state index contributed by atoms with van der Waals surface area (Å²) in [5.74, 6) is 0.815. The topological polar surface area (TPSA) is 62.5 Å². The average molecular weight is 308 g/mol. The van der Waals surface area contributed by atoms with Crippen LogP contribution in [-0.2, 0) is 0 Å². The van der Waals surface area contributed by atoms with Gasteiger partial charge < -0.3 is 15.5 Å². The van der Waals surface area contributed by atoms with Crippen molar-refractivity contribution in [3.63, 3.8) is 0 Å². The second kappa shape index (κ2) is 6.32. The number of likely N-dealkylation sites (tertiary alicyclic amines) is 2. The monoisotopic (exact) mass is 308 g/mol. The van der Waals surface area contributed by atoms with E-state index in [2.05, 4.69) is 16.8 Å². The first-order valence-electron chi connectivity index (χ1n) is 7.90. The van der Waals surface area contributed by atoms with E-state index in [4.69, 9.17) is 5.73 Å². The van der Waals surface area contributed by atoms with E-state index in [0.717, 1.165) is 31.8 Å². The number of nitrogens with two attached hydrogens (primary N) is 1. The van der Waals surface area contributed by atoms with Gasteiger partial charge >= 0.3 is 0 Å². The number of hydrogen-bond acceptors (Lipinski definition) is 5. The normalized spacial score (nSPS) is 22.6. The van der Waals surface area contributed by atoms with Crippen LogP contribution in [0.5, 0.6) is 0 Å². The van der Waals surface area contributed by atoms with Gasteiger partial charge in [-0.3, -0.25) is 4.79 Å². The number of anilines is 1. The Morgan fingerprint density at radius 2 is 2.00 bits per heavy atom. The van der Waals surface area contributed by atoms with Gasteiger partial charge in [0.25, 0.3) is 5.91 Å².